The van der Waals surface area contributed by atoms with Crippen LogP contribution in [0.4, 0.5) is 15.9 Å². The maximum atomic E-state index is 13.4. The molecular weight excluding hydrogens is 445 g/mol. The molecule has 2 aliphatic heterocycles. The summed E-state index contributed by atoms with van der Waals surface area (Å²) in [4.78, 5) is 28.7. The Morgan fingerprint density at radius 3 is 2.40 bits per heavy atom. The van der Waals surface area contributed by atoms with E-state index in [1.165, 1.54) is 12.1 Å². The standard InChI is InChI=1S/C27H30FN5O2/c1-35-24-10-4-20(5-11-24)25-17-26(30-19-29-25)33-12-2-3-21(18-33)27(34)32-15-13-31(14-16-32)23-8-6-22(28)7-9-23/h4-11,17,19,21H,2-3,12-16,18H2,1H3. The molecular formula is C27H30FN5O2. The van der Waals surface area contributed by atoms with E-state index in [9.17, 15) is 9.18 Å². The molecule has 5 rings (SSSR count). The van der Waals surface area contributed by atoms with Crippen LogP contribution in [0.25, 0.3) is 11.3 Å². The Labute approximate surface area is 205 Å². The second-order valence-electron chi connectivity index (χ2n) is 9.06. The van der Waals surface area contributed by atoms with Gasteiger partial charge >= 0.3 is 0 Å². The highest BCUT2D eigenvalue weighted by molar-refractivity contribution is 5.80. The fraction of sp³-hybridized carbons (Fsp3) is 0.370. The van der Waals surface area contributed by atoms with Crippen LogP contribution >= 0.6 is 0 Å². The summed E-state index contributed by atoms with van der Waals surface area (Å²) in [6.45, 7) is 4.41. The van der Waals surface area contributed by atoms with E-state index in [2.05, 4.69) is 19.8 Å². The SMILES string of the molecule is COc1ccc(-c2cc(N3CCCC(C(=O)N4CCN(c5ccc(F)cc5)CC4)C3)ncn2)cc1. The number of carbonyl (C=O) groups is 1. The number of halogens is 1. The first kappa shape index (κ1) is 23.1. The Morgan fingerprint density at radius 1 is 0.943 bits per heavy atom. The van der Waals surface area contributed by atoms with E-state index < -0.39 is 0 Å². The molecule has 0 spiro atoms. The van der Waals surface area contributed by atoms with Crippen LogP contribution in [0, 0.1) is 11.7 Å². The van der Waals surface area contributed by atoms with Crippen LogP contribution in [0.3, 0.4) is 0 Å². The highest BCUT2D eigenvalue weighted by Crippen LogP contribution is 2.27. The van der Waals surface area contributed by atoms with Gasteiger partial charge in [0.05, 0.1) is 18.7 Å². The average Bonchev–Trinajstić information content (AvgIpc) is 2.93. The third-order valence-electron chi connectivity index (χ3n) is 6.92. The molecule has 1 unspecified atom stereocenters. The smallest absolute Gasteiger partial charge is 0.227 e. The number of piperazine rings is 1. The van der Waals surface area contributed by atoms with Crippen molar-refractivity contribution in [1.29, 1.82) is 0 Å². The summed E-state index contributed by atoms with van der Waals surface area (Å²) < 4.78 is 18.5. The number of nitrogens with zero attached hydrogens (tertiary/aromatic N) is 5. The van der Waals surface area contributed by atoms with E-state index in [4.69, 9.17) is 4.74 Å². The van der Waals surface area contributed by atoms with Gasteiger partial charge in [0.15, 0.2) is 0 Å². The van der Waals surface area contributed by atoms with Crippen molar-refractivity contribution >= 4 is 17.4 Å². The molecule has 182 valence electrons. The Kier molecular flexibility index (Phi) is 6.79. The molecule has 0 aliphatic carbocycles. The highest BCUT2D eigenvalue weighted by Gasteiger charge is 2.31. The third kappa shape index (κ3) is 5.21. The quantitative estimate of drug-likeness (QED) is 0.559. The first-order chi connectivity index (χ1) is 17.1. The fourth-order valence-corrected chi connectivity index (χ4v) is 4.92. The lowest BCUT2D eigenvalue weighted by Crippen LogP contribution is -2.52. The zero-order valence-corrected chi connectivity index (χ0v) is 19.9. The summed E-state index contributed by atoms with van der Waals surface area (Å²) in [7, 11) is 1.65. The molecule has 3 heterocycles. The van der Waals surface area contributed by atoms with Crippen LogP contribution in [0.15, 0.2) is 60.9 Å². The maximum absolute atomic E-state index is 13.4. The van der Waals surface area contributed by atoms with Gasteiger partial charge in [-0.25, -0.2) is 14.4 Å². The van der Waals surface area contributed by atoms with Crippen molar-refractivity contribution in [2.24, 2.45) is 5.92 Å². The van der Waals surface area contributed by atoms with Gasteiger partial charge in [-0.2, -0.15) is 0 Å². The average molecular weight is 476 g/mol. The molecule has 3 aromatic rings. The van der Waals surface area contributed by atoms with Crippen LogP contribution in [0.2, 0.25) is 0 Å². The number of amides is 1. The number of aromatic nitrogens is 2. The van der Waals surface area contributed by atoms with Gasteiger partial charge in [-0.3, -0.25) is 4.79 Å². The number of hydrogen-bond donors (Lipinski definition) is 0. The Hall–Kier alpha value is -3.68. The van der Waals surface area contributed by atoms with Gasteiger partial charge in [-0.15, -0.1) is 0 Å². The zero-order valence-electron chi connectivity index (χ0n) is 19.9. The minimum atomic E-state index is -0.232. The van der Waals surface area contributed by atoms with Gasteiger partial charge in [0, 0.05) is 56.6 Å². The van der Waals surface area contributed by atoms with Gasteiger partial charge < -0.3 is 19.4 Å². The first-order valence-corrected chi connectivity index (χ1v) is 12.1. The zero-order chi connectivity index (χ0) is 24.2. The van der Waals surface area contributed by atoms with Crippen LogP contribution < -0.4 is 14.5 Å². The lowest BCUT2D eigenvalue weighted by Gasteiger charge is -2.40. The van der Waals surface area contributed by atoms with Crippen molar-refractivity contribution < 1.29 is 13.9 Å². The topological polar surface area (TPSA) is 61.8 Å². The molecule has 0 N–H and O–H groups in total. The molecule has 0 bridgehead atoms. The van der Waals surface area contributed by atoms with E-state index in [0.717, 1.165) is 61.0 Å². The Morgan fingerprint density at radius 2 is 1.69 bits per heavy atom. The molecule has 35 heavy (non-hydrogen) atoms. The number of methoxy groups -OCH3 is 1. The van der Waals surface area contributed by atoms with Crippen molar-refractivity contribution in [2.75, 3.05) is 56.2 Å². The number of ether oxygens (including phenoxy) is 1. The molecule has 2 fully saturated rings. The van der Waals surface area contributed by atoms with Crippen molar-refractivity contribution in [3.05, 3.63) is 66.7 Å². The molecule has 1 aromatic heterocycles. The van der Waals surface area contributed by atoms with Crippen molar-refractivity contribution in [3.63, 3.8) is 0 Å². The monoisotopic (exact) mass is 475 g/mol. The summed E-state index contributed by atoms with van der Waals surface area (Å²) in [5.74, 6) is 1.60. The van der Waals surface area contributed by atoms with E-state index in [1.54, 1.807) is 25.6 Å². The van der Waals surface area contributed by atoms with Gasteiger partial charge in [-0.1, -0.05) is 0 Å². The lowest BCUT2D eigenvalue weighted by molar-refractivity contribution is -0.136. The van der Waals surface area contributed by atoms with Crippen LogP contribution in [-0.2, 0) is 4.79 Å². The number of hydrogen-bond acceptors (Lipinski definition) is 6. The molecule has 1 amide bonds. The molecule has 7 nitrogen and oxygen atoms in total. The number of piperidine rings is 1. The molecule has 0 radical (unpaired) electrons. The lowest BCUT2D eigenvalue weighted by atomic mass is 9.96. The first-order valence-electron chi connectivity index (χ1n) is 12.1. The van der Waals surface area contributed by atoms with Gasteiger partial charge in [-0.05, 0) is 61.4 Å². The fourth-order valence-electron chi connectivity index (χ4n) is 4.92. The maximum Gasteiger partial charge on any atom is 0.227 e. The predicted molar refractivity (Wildman–Crippen MR) is 134 cm³/mol. The molecule has 0 saturated carbocycles. The summed E-state index contributed by atoms with van der Waals surface area (Å²) >= 11 is 0. The highest BCUT2D eigenvalue weighted by atomic mass is 19.1. The normalized spacial score (nSPS) is 18.5. The minimum Gasteiger partial charge on any atom is -0.497 e. The van der Waals surface area contributed by atoms with Crippen LogP contribution in [-0.4, -0.2) is 67.2 Å². The van der Waals surface area contributed by atoms with E-state index in [1.807, 2.05) is 35.2 Å². The summed E-state index contributed by atoms with van der Waals surface area (Å²) in [6.07, 6.45) is 3.44. The molecule has 2 saturated heterocycles. The summed E-state index contributed by atoms with van der Waals surface area (Å²) in [5, 5.41) is 0. The van der Waals surface area contributed by atoms with Gasteiger partial charge in [0.2, 0.25) is 5.91 Å². The summed E-state index contributed by atoms with van der Waals surface area (Å²) in [5.41, 5.74) is 2.85. The largest absolute Gasteiger partial charge is 0.497 e. The van der Waals surface area contributed by atoms with Gasteiger partial charge in [0.25, 0.3) is 0 Å². The van der Waals surface area contributed by atoms with E-state index >= 15 is 0 Å². The van der Waals surface area contributed by atoms with Crippen molar-refractivity contribution in [1.82, 2.24) is 14.9 Å². The number of anilines is 2. The van der Waals surface area contributed by atoms with Gasteiger partial charge in [0.1, 0.15) is 23.7 Å². The molecule has 2 aromatic carbocycles. The Bertz CT molecular complexity index is 1150. The second kappa shape index (κ2) is 10.3. The number of carbonyl (C=O) groups excluding carboxylic acids is 1. The van der Waals surface area contributed by atoms with Crippen LogP contribution in [0.1, 0.15) is 12.8 Å². The Balaban J connectivity index is 1.21. The number of benzene rings is 2. The van der Waals surface area contributed by atoms with Crippen molar-refractivity contribution in [3.8, 4) is 17.0 Å². The summed E-state index contributed by atoms with van der Waals surface area (Å²) in [6, 6.07) is 16.4. The van der Waals surface area contributed by atoms with E-state index in [0.29, 0.717) is 19.6 Å². The minimum absolute atomic E-state index is 0.0412. The predicted octanol–water partition coefficient (Wildman–Crippen LogP) is 3.86. The van der Waals surface area contributed by atoms with Crippen molar-refractivity contribution in [2.45, 2.75) is 12.8 Å². The second-order valence-corrected chi connectivity index (χ2v) is 9.06. The van der Waals surface area contributed by atoms with E-state index in [-0.39, 0.29) is 17.6 Å². The number of rotatable bonds is 5. The molecule has 1 atom stereocenters. The molecule has 8 heteroatoms. The third-order valence-corrected chi connectivity index (χ3v) is 6.92. The van der Waals surface area contributed by atoms with Crippen LogP contribution in [0.5, 0.6) is 5.75 Å². The molecule has 2 aliphatic rings.